The Morgan fingerprint density at radius 1 is 1.44 bits per heavy atom. The van der Waals surface area contributed by atoms with Crippen molar-refractivity contribution in [3.63, 3.8) is 0 Å². The second kappa shape index (κ2) is 6.18. The van der Waals surface area contributed by atoms with E-state index in [0.29, 0.717) is 13.6 Å². The van der Waals surface area contributed by atoms with Gasteiger partial charge >= 0.3 is 0 Å². The fourth-order valence-electron chi connectivity index (χ4n) is 2.24. The van der Waals surface area contributed by atoms with E-state index in [1.54, 1.807) is 0 Å². The van der Waals surface area contributed by atoms with E-state index in [2.05, 4.69) is 16.0 Å². The van der Waals surface area contributed by atoms with Crippen LogP contribution in [-0.2, 0) is 4.65 Å². The van der Waals surface area contributed by atoms with Crippen molar-refractivity contribution in [1.82, 2.24) is 4.98 Å². The van der Waals surface area contributed by atoms with Crippen molar-refractivity contribution in [2.24, 2.45) is 11.5 Å². The summed E-state index contributed by atoms with van der Waals surface area (Å²) in [5.41, 5.74) is 12.3. The summed E-state index contributed by atoms with van der Waals surface area (Å²) >= 11 is 0. The maximum Gasteiger partial charge on any atom is 0.298 e. The fraction of sp³-hybridized carbons (Fsp3) is 0.583. The van der Waals surface area contributed by atoms with Crippen LogP contribution in [0, 0.1) is 0 Å². The molecule has 4 N–H and O–H groups in total. The topological polar surface area (TPSA) is 77.4 Å². The Labute approximate surface area is 109 Å². The van der Waals surface area contributed by atoms with Crippen molar-refractivity contribution in [1.29, 1.82) is 0 Å². The Balaban J connectivity index is 1.93. The molecule has 6 heteroatoms. The van der Waals surface area contributed by atoms with Crippen molar-refractivity contribution in [2.75, 3.05) is 24.7 Å². The highest BCUT2D eigenvalue weighted by atomic mass is 16.4. The van der Waals surface area contributed by atoms with Crippen LogP contribution in [0.5, 0.6) is 0 Å². The van der Waals surface area contributed by atoms with Gasteiger partial charge in [-0.25, -0.2) is 4.98 Å². The maximum atomic E-state index is 5.81. The smallest absolute Gasteiger partial charge is 0.298 e. The Hall–Kier alpha value is -1.11. The van der Waals surface area contributed by atoms with Crippen LogP contribution in [0.1, 0.15) is 18.5 Å². The highest BCUT2D eigenvalue weighted by molar-refractivity contribution is 6.52. The average molecular weight is 248 g/mol. The van der Waals surface area contributed by atoms with Crippen LogP contribution in [0.15, 0.2) is 18.3 Å². The monoisotopic (exact) mass is 248 g/mol. The molecule has 1 aromatic heterocycles. The molecule has 1 aliphatic rings. The molecule has 2 rings (SSSR count). The molecule has 0 aromatic carbocycles. The number of nitrogens with two attached hydrogens (primary N) is 2. The van der Waals surface area contributed by atoms with E-state index in [-0.39, 0.29) is 6.04 Å². The van der Waals surface area contributed by atoms with Gasteiger partial charge in [-0.05, 0) is 31.2 Å². The van der Waals surface area contributed by atoms with Crippen LogP contribution < -0.4 is 16.4 Å². The standard InChI is InChI=1S/C12H21BN4O/c1-10(15)11-2-3-12(16-8-11)17-6-4-13(5-7-17)18-9-14/h2-3,8,10H,4-7,9,14-15H2,1H3. The Morgan fingerprint density at radius 3 is 2.67 bits per heavy atom. The molecule has 1 aromatic rings. The first kappa shape index (κ1) is 13.3. The number of nitrogens with zero attached hydrogens (tertiary/aromatic N) is 2. The van der Waals surface area contributed by atoms with Gasteiger partial charge in [0.25, 0.3) is 6.92 Å². The van der Waals surface area contributed by atoms with Gasteiger partial charge in [0.15, 0.2) is 0 Å². The Morgan fingerprint density at radius 2 is 2.17 bits per heavy atom. The molecule has 98 valence electrons. The zero-order valence-corrected chi connectivity index (χ0v) is 10.9. The molecule has 5 nitrogen and oxygen atoms in total. The van der Waals surface area contributed by atoms with Crippen LogP contribution in [0.3, 0.4) is 0 Å². The second-order valence-electron chi connectivity index (χ2n) is 4.76. The van der Waals surface area contributed by atoms with Crippen LogP contribution >= 0.6 is 0 Å². The minimum atomic E-state index is 0.0373. The van der Waals surface area contributed by atoms with Gasteiger partial charge in [0, 0.05) is 25.3 Å². The fourth-order valence-corrected chi connectivity index (χ4v) is 2.24. The lowest BCUT2D eigenvalue weighted by Crippen LogP contribution is -2.39. The maximum absolute atomic E-state index is 5.81. The molecule has 1 fully saturated rings. The van der Waals surface area contributed by atoms with E-state index in [1.807, 2.05) is 19.2 Å². The Kier molecular flexibility index (Phi) is 4.57. The third-order valence-electron chi connectivity index (χ3n) is 3.39. The van der Waals surface area contributed by atoms with Crippen molar-refractivity contribution in [3.8, 4) is 0 Å². The molecule has 2 heterocycles. The molecule has 1 atom stereocenters. The Bertz CT molecular complexity index is 363. The molecule has 0 radical (unpaired) electrons. The van der Waals surface area contributed by atoms with Gasteiger partial charge < -0.3 is 21.0 Å². The number of pyridine rings is 1. The van der Waals surface area contributed by atoms with E-state index in [0.717, 1.165) is 37.1 Å². The normalized spacial score (nSPS) is 17.9. The van der Waals surface area contributed by atoms with Gasteiger partial charge in [0.05, 0.1) is 6.73 Å². The van der Waals surface area contributed by atoms with Crippen LogP contribution in [0.25, 0.3) is 0 Å². The zero-order valence-electron chi connectivity index (χ0n) is 10.9. The lowest BCUT2D eigenvalue weighted by atomic mass is 9.59. The van der Waals surface area contributed by atoms with E-state index in [1.165, 1.54) is 0 Å². The molecular formula is C12H21BN4O. The summed E-state index contributed by atoms with van der Waals surface area (Å²) in [6, 6.07) is 4.13. The predicted molar refractivity (Wildman–Crippen MR) is 74.6 cm³/mol. The van der Waals surface area contributed by atoms with Crippen LogP contribution in [-0.4, -0.2) is 31.7 Å². The third kappa shape index (κ3) is 3.22. The van der Waals surface area contributed by atoms with E-state index >= 15 is 0 Å². The molecule has 0 aliphatic carbocycles. The van der Waals surface area contributed by atoms with Crippen molar-refractivity contribution >= 4 is 12.7 Å². The zero-order chi connectivity index (χ0) is 13.0. The molecule has 18 heavy (non-hydrogen) atoms. The van der Waals surface area contributed by atoms with E-state index in [4.69, 9.17) is 16.1 Å². The molecule has 1 aliphatic heterocycles. The summed E-state index contributed by atoms with van der Waals surface area (Å²) in [5.74, 6) is 1.02. The molecular weight excluding hydrogens is 227 g/mol. The summed E-state index contributed by atoms with van der Waals surface area (Å²) in [5, 5.41) is 0. The quantitative estimate of drug-likeness (QED) is 0.610. The minimum absolute atomic E-state index is 0.0373. The highest BCUT2D eigenvalue weighted by Gasteiger charge is 2.24. The molecule has 1 saturated heterocycles. The molecule has 0 saturated carbocycles. The summed E-state index contributed by atoms with van der Waals surface area (Å²) < 4.78 is 5.43. The number of aromatic nitrogens is 1. The summed E-state index contributed by atoms with van der Waals surface area (Å²) in [7, 11) is 0. The first-order valence-corrected chi connectivity index (χ1v) is 6.49. The first-order valence-electron chi connectivity index (χ1n) is 6.49. The summed E-state index contributed by atoms with van der Waals surface area (Å²) in [6.07, 6.45) is 3.88. The highest BCUT2D eigenvalue weighted by Crippen LogP contribution is 2.20. The number of hydrogen-bond donors (Lipinski definition) is 2. The minimum Gasteiger partial charge on any atom is -0.424 e. The van der Waals surface area contributed by atoms with Gasteiger partial charge in [-0.2, -0.15) is 0 Å². The van der Waals surface area contributed by atoms with Crippen molar-refractivity contribution in [3.05, 3.63) is 23.9 Å². The number of anilines is 1. The molecule has 1 unspecified atom stereocenters. The number of hydrogen-bond acceptors (Lipinski definition) is 5. The van der Waals surface area contributed by atoms with Gasteiger partial charge in [-0.15, -0.1) is 0 Å². The van der Waals surface area contributed by atoms with Crippen molar-refractivity contribution in [2.45, 2.75) is 25.6 Å². The second-order valence-corrected chi connectivity index (χ2v) is 4.76. The molecule has 0 amide bonds. The number of rotatable bonds is 4. The van der Waals surface area contributed by atoms with Gasteiger partial charge in [0.1, 0.15) is 5.82 Å². The lowest BCUT2D eigenvalue weighted by Gasteiger charge is -2.30. The lowest BCUT2D eigenvalue weighted by molar-refractivity contribution is 0.327. The predicted octanol–water partition coefficient (Wildman–Crippen LogP) is 0.846. The first-order chi connectivity index (χ1) is 8.70. The van der Waals surface area contributed by atoms with Crippen LogP contribution in [0.4, 0.5) is 5.82 Å². The summed E-state index contributed by atoms with van der Waals surface area (Å²) in [6.45, 7) is 4.51. The molecule has 0 spiro atoms. The van der Waals surface area contributed by atoms with Gasteiger partial charge in [-0.3, -0.25) is 0 Å². The van der Waals surface area contributed by atoms with Gasteiger partial charge in [0.2, 0.25) is 0 Å². The SMILES string of the molecule is CC(N)c1ccc(N2CCB(OCN)CC2)nc1. The third-order valence-corrected chi connectivity index (χ3v) is 3.39. The average Bonchev–Trinajstić information content (AvgIpc) is 2.40. The largest absolute Gasteiger partial charge is 0.424 e. The van der Waals surface area contributed by atoms with E-state index in [9.17, 15) is 0 Å². The summed E-state index contributed by atoms with van der Waals surface area (Å²) in [4.78, 5) is 6.75. The van der Waals surface area contributed by atoms with Crippen molar-refractivity contribution < 1.29 is 4.65 Å². The van der Waals surface area contributed by atoms with Crippen LogP contribution in [0.2, 0.25) is 12.6 Å². The van der Waals surface area contributed by atoms with E-state index < -0.39 is 0 Å². The van der Waals surface area contributed by atoms with Gasteiger partial charge in [-0.1, -0.05) is 6.07 Å². The molecule has 0 bridgehead atoms.